The van der Waals surface area contributed by atoms with Gasteiger partial charge in [-0.05, 0) is 64.7 Å². The molecule has 1 aliphatic heterocycles. The molecule has 0 amide bonds. The highest BCUT2D eigenvalue weighted by Crippen LogP contribution is 2.28. The first-order valence-electron chi connectivity index (χ1n) is 7.30. The van der Waals surface area contributed by atoms with Crippen LogP contribution in [0.1, 0.15) is 51.4 Å². The van der Waals surface area contributed by atoms with Crippen molar-refractivity contribution < 1.29 is 0 Å². The minimum absolute atomic E-state index is 0.812. The van der Waals surface area contributed by atoms with Crippen molar-refractivity contribution in [3.8, 4) is 0 Å². The summed E-state index contributed by atoms with van der Waals surface area (Å²) in [5, 5.41) is 3.50. The molecule has 0 spiro atoms. The molecule has 1 saturated carbocycles. The third-order valence-corrected chi connectivity index (χ3v) is 4.54. The molecule has 94 valence electrons. The largest absolute Gasteiger partial charge is 0.317 e. The van der Waals surface area contributed by atoms with Gasteiger partial charge >= 0.3 is 0 Å². The number of hydrogen-bond donors (Lipinski definition) is 1. The van der Waals surface area contributed by atoms with Gasteiger partial charge in [0.15, 0.2) is 0 Å². The molecule has 2 atom stereocenters. The fourth-order valence-electron chi connectivity index (χ4n) is 3.47. The number of rotatable bonds is 4. The Morgan fingerprint density at radius 1 is 1.00 bits per heavy atom. The van der Waals surface area contributed by atoms with Gasteiger partial charge in [-0.1, -0.05) is 19.3 Å². The zero-order valence-electron chi connectivity index (χ0n) is 10.9. The van der Waals surface area contributed by atoms with Crippen LogP contribution in [0.5, 0.6) is 0 Å². The third-order valence-electron chi connectivity index (χ3n) is 4.54. The standard InChI is InChI=1S/C14H28N2/c1-15-14-8-6-7-13(14)9-12-16-10-4-2-3-5-11-16/h13-15H,2-12H2,1H3. The first-order valence-corrected chi connectivity index (χ1v) is 7.30. The van der Waals surface area contributed by atoms with E-state index in [9.17, 15) is 0 Å². The quantitative estimate of drug-likeness (QED) is 0.790. The van der Waals surface area contributed by atoms with Gasteiger partial charge in [0.25, 0.3) is 0 Å². The summed E-state index contributed by atoms with van der Waals surface area (Å²) in [7, 11) is 2.13. The molecule has 2 heteroatoms. The van der Waals surface area contributed by atoms with E-state index in [1.807, 2.05) is 0 Å². The molecular formula is C14H28N2. The molecule has 2 unspecified atom stereocenters. The molecule has 2 aliphatic rings. The number of hydrogen-bond acceptors (Lipinski definition) is 2. The van der Waals surface area contributed by atoms with Gasteiger partial charge in [0.1, 0.15) is 0 Å². The molecule has 0 aromatic rings. The first-order chi connectivity index (χ1) is 7.90. The maximum Gasteiger partial charge on any atom is 0.00928 e. The van der Waals surface area contributed by atoms with Gasteiger partial charge in [0, 0.05) is 6.04 Å². The lowest BCUT2D eigenvalue weighted by molar-refractivity contribution is 0.250. The van der Waals surface area contributed by atoms with E-state index < -0.39 is 0 Å². The molecule has 0 bridgehead atoms. The predicted octanol–water partition coefficient (Wildman–Crippen LogP) is 2.64. The van der Waals surface area contributed by atoms with Crippen LogP contribution in [0.2, 0.25) is 0 Å². The van der Waals surface area contributed by atoms with Crippen molar-refractivity contribution in [3.05, 3.63) is 0 Å². The Kier molecular flexibility index (Phi) is 5.11. The Morgan fingerprint density at radius 2 is 1.75 bits per heavy atom. The molecule has 16 heavy (non-hydrogen) atoms. The summed E-state index contributed by atoms with van der Waals surface area (Å²) in [4.78, 5) is 2.71. The van der Waals surface area contributed by atoms with Gasteiger partial charge in [0.05, 0.1) is 0 Å². The Morgan fingerprint density at radius 3 is 2.44 bits per heavy atom. The fourth-order valence-corrected chi connectivity index (χ4v) is 3.47. The summed E-state index contributed by atoms with van der Waals surface area (Å²) in [6, 6.07) is 0.812. The number of likely N-dealkylation sites (tertiary alicyclic amines) is 1. The second kappa shape index (κ2) is 6.61. The lowest BCUT2D eigenvalue weighted by Gasteiger charge is -2.24. The average molecular weight is 224 g/mol. The second-order valence-corrected chi connectivity index (χ2v) is 5.63. The maximum absolute atomic E-state index is 3.50. The van der Waals surface area contributed by atoms with Crippen molar-refractivity contribution in [2.45, 2.75) is 57.4 Å². The highest BCUT2D eigenvalue weighted by Gasteiger charge is 2.25. The number of nitrogens with zero attached hydrogens (tertiary/aromatic N) is 1. The minimum atomic E-state index is 0.812. The van der Waals surface area contributed by atoms with Crippen LogP contribution in [0.25, 0.3) is 0 Å². The summed E-state index contributed by atoms with van der Waals surface area (Å²) in [6.45, 7) is 4.07. The van der Waals surface area contributed by atoms with Gasteiger partial charge in [-0.25, -0.2) is 0 Å². The molecule has 2 fully saturated rings. The van der Waals surface area contributed by atoms with Crippen molar-refractivity contribution in [1.82, 2.24) is 10.2 Å². The SMILES string of the molecule is CNC1CCCC1CCN1CCCCCC1. The molecule has 1 heterocycles. The molecule has 2 nitrogen and oxygen atoms in total. The Hall–Kier alpha value is -0.0800. The normalized spacial score (nSPS) is 32.8. The summed E-state index contributed by atoms with van der Waals surface area (Å²) in [5.74, 6) is 0.952. The lowest BCUT2D eigenvalue weighted by atomic mass is 9.99. The van der Waals surface area contributed by atoms with Crippen LogP contribution in [-0.4, -0.2) is 37.6 Å². The van der Waals surface area contributed by atoms with E-state index in [1.165, 1.54) is 71.0 Å². The van der Waals surface area contributed by atoms with Crippen LogP contribution in [-0.2, 0) is 0 Å². The van der Waals surface area contributed by atoms with Gasteiger partial charge < -0.3 is 10.2 Å². The highest BCUT2D eigenvalue weighted by atomic mass is 15.1. The van der Waals surface area contributed by atoms with Gasteiger partial charge in [-0.15, -0.1) is 0 Å². The highest BCUT2D eigenvalue weighted by molar-refractivity contribution is 4.82. The number of nitrogens with one attached hydrogen (secondary N) is 1. The monoisotopic (exact) mass is 224 g/mol. The Balaban J connectivity index is 1.69. The van der Waals surface area contributed by atoms with Crippen molar-refractivity contribution in [2.24, 2.45) is 5.92 Å². The lowest BCUT2D eigenvalue weighted by Crippen LogP contribution is -2.33. The summed E-state index contributed by atoms with van der Waals surface area (Å²) in [5.41, 5.74) is 0. The van der Waals surface area contributed by atoms with E-state index in [0.29, 0.717) is 0 Å². The van der Waals surface area contributed by atoms with Crippen molar-refractivity contribution in [3.63, 3.8) is 0 Å². The van der Waals surface area contributed by atoms with Crippen molar-refractivity contribution in [1.29, 1.82) is 0 Å². The molecule has 1 N–H and O–H groups in total. The Bertz CT molecular complexity index is 185. The van der Waals surface area contributed by atoms with Crippen LogP contribution in [0.4, 0.5) is 0 Å². The first kappa shape index (κ1) is 12.4. The van der Waals surface area contributed by atoms with Gasteiger partial charge in [-0.2, -0.15) is 0 Å². The van der Waals surface area contributed by atoms with E-state index >= 15 is 0 Å². The smallest absolute Gasteiger partial charge is 0.00928 e. The zero-order valence-corrected chi connectivity index (χ0v) is 10.9. The zero-order chi connectivity index (χ0) is 11.2. The molecule has 1 saturated heterocycles. The molecular weight excluding hydrogens is 196 g/mol. The van der Waals surface area contributed by atoms with E-state index in [4.69, 9.17) is 0 Å². The van der Waals surface area contributed by atoms with Crippen LogP contribution in [0.3, 0.4) is 0 Å². The molecule has 0 aromatic carbocycles. The second-order valence-electron chi connectivity index (χ2n) is 5.63. The van der Waals surface area contributed by atoms with Crippen molar-refractivity contribution >= 4 is 0 Å². The summed E-state index contributed by atoms with van der Waals surface area (Å²) < 4.78 is 0. The predicted molar refractivity (Wildman–Crippen MR) is 69.7 cm³/mol. The molecule has 0 radical (unpaired) electrons. The van der Waals surface area contributed by atoms with E-state index in [2.05, 4.69) is 17.3 Å². The van der Waals surface area contributed by atoms with Crippen LogP contribution in [0, 0.1) is 5.92 Å². The average Bonchev–Trinajstić information content (AvgIpc) is 2.60. The molecule has 2 rings (SSSR count). The van der Waals surface area contributed by atoms with E-state index in [1.54, 1.807) is 0 Å². The minimum Gasteiger partial charge on any atom is -0.317 e. The summed E-state index contributed by atoms with van der Waals surface area (Å²) >= 11 is 0. The van der Waals surface area contributed by atoms with Crippen LogP contribution < -0.4 is 5.32 Å². The topological polar surface area (TPSA) is 15.3 Å². The Labute approximate surface area is 101 Å². The molecule has 1 aliphatic carbocycles. The maximum atomic E-state index is 3.50. The van der Waals surface area contributed by atoms with E-state index in [0.717, 1.165) is 12.0 Å². The van der Waals surface area contributed by atoms with E-state index in [-0.39, 0.29) is 0 Å². The van der Waals surface area contributed by atoms with Crippen molar-refractivity contribution in [2.75, 3.05) is 26.7 Å². The van der Waals surface area contributed by atoms with Gasteiger partial charge in [-0.3, -0.25) is 0 Å². The van der Waals surface area contributed by atoms with Gasteiger partial charge in [0.2, 0.25) is 0 Å². The molecule has 0 aromatic heterocycles. The van der Waals surface area contributed by atoms with Crippen LogP contribution >= 0.6 is 0 Å². The third kappa shape index (κ3) is 3.46. The fraction of sp³-hybridized carbons (Fsp3) is 1.00. The summed E-state index contributed by atoms with van der Waals surface area (Å²) in [6.07, 6.45) is 11.5. The van der Waals surface area contributed by atoms with Crippen LogP contribution in [0.15, 0.2) is 0 Å².